The minimum atomic E-state index is -0.655. The van der Waals surface area contributed by atoms with Gasteiger partial charge in [0.1, 0.15) is 5.75 Å². The van der Waals surface area contributed by atoms with E-state index in [9.17, 15) is 19.7 Å². The number of benzene rings is 2. The number of esters is 1. The van der Waals surface area contributed by atoms with Gasteiger partial charge in [0.05, 0.1) is 15.6 Å². The van der Waals surface area contributed by atoms with Crippen LogP contribution in [0.5, 0.6) is 5.75 Å². The zero-order chi connectivity index (χ0) is 17.7. The molecule has 0 aliphatic heterocycles. The Balaban J connectivity index is 2.10. The van der Waals surface area contributed by atoms with Gasteiger partial charge in [-0.2, -0.15) is 0 Å². The first-order valence-corrected chi connectivity index (χ1v) is 7.03. The third kappa shape index (κ3) is 4.68. The summed E-state index contributed by atoms with van der Waals surface area (Å²) in [5.41, 5.74) is 0.263. The molecule has 0 fully saturated rings. The van der Waals surface area contributed by atoms with Crippen LogP contribution in [0.4, 0.5) is 21.9 Å². The number of hydrogen-bond donors (Lipinski definition) is 2. The number of amides is 2. The van der Waals surface area contributed by atoms with Gasteiger partial charge in [0.2, 0.25) is 0 Å². The highest BCUT2D eigenvalue weighted by molar-refractivity contribution is 6.33. The summed E-state index contributed by atoms with van der Waals surface area (Å²) in [6.07, 6.45) is 0. The fourth-order valence-corrected chi connectivity index (χ4v) is 1.98. The van der Waals surface area contributed by atoms with E-state index in [1.54, 1.807) is 18.2 Å². The van der Waals surface area contributed by atoms with Gasteiger partial charge < -0.3 is 15.4 Å². The minimum Gasteiger partial charge on any atom is -0.427 e. The van der Waals surface area contributed by atoms with Gasteiger partial charge in [0.15, 0.2) is 0 Å². The molecule has 124 valence electrons. The maximum atomic E-state index is 12.0. The van der Waals surface area contributed by atoms with Crippen LogP contribution in [-0.2, 0) is 4.79 Å². The maximum Gasteiger partial charge on any atom is 0.323 e. The number of nitrogens with one attached hydrogen (secondary N) is 2. The van der Waals surface area contributed by atoms with E-state index in [2.05, 4.69) is 10.6 Å². The average Bonchev–Trinajstić information content (AvgIpc) is 2.48. The predicted octanol–water partition coefficient (Wildman–Crippen LogP) is 3.82. The van der Waals surface area contributed by atoms with Crippen LogP contribution < -0.4 is 15.4 Å². The highest BCUT2D eigenvalue weighted by Crippen LogP contribution is 2.27. The Morgan fingerprint density at radius 1 is 1.17 bits per heavy atom. The summed E-state index contributed by atoms with van der Waals surface area (Å²) >= 11 is 5.91. The minimum absolute atomic E-state index is 0.0968. The fourth-order valence-electron chi connectivity index (χ4n) is 1.81. The second-order valence-electron chi connectivity index (χ2n) is 4.62. The second kappa shape index (κ2) is 7.42. The molecule has 9 heteroatoms. The third-order valence-corrected chi connectivity index (χ3v) is 3.09. The van der Waals surface area contributed by atoms with E-state index < -0.39 is 16.9 Å². The normalized spacial score (nSPS) is 9.92. The molecule has 24 heavy (non-hydrogen) atoms. The van der Waals surface area contributed by atoms with Gasteiger partial charge >= 0.3 is 12.0 Å². The first kappa shape index (κ1) is 17.2. The fraction of sp³-hybridized carbons (Fsp3) is 0.0667. The molecule has 0 atom stereocenters. The molecule has 0 spiro atoms. The van der Waals surface area contributed by atoms with Crippen molar-refractivity contribution in [2.45, 2.75) is 6.92 Å². The average molecular weight is 350 g/mol. The van der Waals surface area contributed by atoms with Crippen molar-refractivity contribution in [3.8, 4) is 5.75 Å². The molecule has 0 bridgehead atoms. The van der Waals surface area contributed by atoms with E-state index >= 15 is 0 Å². The van der Waals surface area contributed by atoms with Crippen molar-refractivity contribution >= 4 is 40.7 Å². The lowest BCUT2D eigenvalue weighted by molar-refractivity contribution is -0.384. The number of ether oxygens (including phenoxy) is 1. The molecule has 0 radical (unpaired) electrons. The maximum absolute atomic E-state index is 12.0. The molecule has 2 rings (SSSR count). The number of nitro benzene ring substituents is 1. The van der Waals surface area contributed by atoms with Crippen LogP contribution in [-0.4, -0.2) is 16.9 Å². The summed E-state index contributed by atoms with van der Waals surface area (Å²) in [5, 5.41) is 15.8. The van der Waals surface area contributed by atoms with Gasteiger partial charge in [0.25, 0.3) is 5.69 Å². The topological polar surface area (TPSA) is 111 Å². The van der Waals surface area contributed by atoms with Gasteiger partial charge in [-0.25, -0.2) is 4.79 Å². The zero-order valence-corrected chi connectivity index (χ0v) is 13.2. The molecule has 0 heterocycles. The van der Waals surface area contributed by atoms with Crippen molar-refractivity contribution in [3.05, 3.63) is 57.6 Å². The first-order chi connectivity index (χ1) is 11.3. The number of carbonyl (C=O) groups excluding carboxylic acids is 2. The SMILES string of the molecule is CC(=O)Oc1cccc(NC(=O)Nc2cc([N+](=O)[O-])ccc2Cl)c1. The summed E-state index contributed by atoms with van der Waals surface area (Å²) in [7, 11) is 0. The third-order valence-electron chi connectivity index (χ3n) is 2.76. The molecule has 8 nitrogen and oxygen atoms in total. The molecule has 0 aliphatic carbocycles. The zero-order valence-electron chi connectivity index (χ0n) is 12.4. The summed E-state index contributed by atoms with van der Waals surface area (Å²) in [4.78, 5) is 33.1. The Morgan fingerprint density at radius 3 is 2.58 bits per heavy atom. The van der Waals surface area contributed by atoms with Crippen LogP contribution in [0.1, 0.15) is 6.92 Å². The molecule has 0 unspecified atom stereocenters. The Morgan fingerprint density at radius 2 is 1.92 bits per heavy atom. The summed E-state index contributed by atoms with van der Waals surface area (Å²) in [5.74, 6) is -0.214. The van der Waals surface area contributed by atoms with E-state index in [0.717, 1.165) is 6.07 Å². The number of urea groups is 1. The number of rotatable bonds is 4. The van der Waals surface area contributed by atoms with Crippen LogP contribution in [0.2, 0.25) is 5.02 Å². The molecular formula is C15H12ClN3O5. The number of nitro groups is 1. The number of nitrogens with zero attached hydrogens (tertiary/aromatic N) is 1. The van der Waals surface area contributed by atoms with Crippen LogP contribution in [0.25, 0.3) is 0 Å². The standard InChI is InChI=1S/C15H12ClN3O5/c1-9(20)24-12-4-2-3-10(7-12)17-15(21)18-14-8-11(19(22)23)5-6-13(14)16/h2-8H,1H3,(H2,17,18,21). The largest absolute Gasteiger partial charge is 0.427 e. The quantitative estimate of drug-likeness (QED) is 0.377. The van der Waals surface area contributed by atoms with E-state index in [1.807, 2.05) is 0 Å². The van der Waals surface area contributed by atoms with Gasteiger partial charge in [0, 0.05) is 30.8 Å². The number of carbonyl (C=O) groups is 2. The molecule has 0 saturated carbocycles. The monoisotopic (exact) mass is 349 g/mol. The molecule has 0 saturated heterocycles. The van der Waals surface area contributed by atoms with Crippen LogP contribution >= 0.6 is 11.6 Å². The summed E-state index contributed by atoms with van der Waals surface area (Å²) < 4.78 is 4.91. The van der Waals surface area contributed by atoms with Crippen LogP contribution in [0, 0.1) is 10.1 Å². The number of hydrogen-bond acceptors (Lipinski definition) is 5. The molecule has 0 aromatic heterocycles. The lowest BCUT2D eigenvalue weighted by Gasteiger charge is -2.10. The van der Waals surface area contributed by atoms with Crippen LogP contribution in [0.15, 0.2) is 42.5 Å². The highest BCUT2D eigenvalue weighted by atomic mass is 35.5. The van der Waals surface area contributed by atoms with Gasteiger partial charge in [-0.15, -0.1) is 0 Å². The smallest absolute Gasteiger partial charge is 0.323 e. The molecule has 2 N–H and O–H groups in total. The van der Waals surface area contributed by atoms with Crippen molar-refractivity contribution < 1.29 is 19.2 Å². The van der Waals surface area contributed by atoms with E-state index in [1.165, 1.54) is 25.1 Å². The number of non-ortho nitro benzene ring substituents is 1. The van der Waals surface area contributed by atoms with Crippen molar-refractivity contribution in [1.82, 2.24) is 0 Å². The Bertz CT molecular complexity index is 809. The lowest BCUT2D eigenvalue weighted by atomic mass is 10.3. The van der Waals surface area contributed by atoms with E-state index in [-0.39, 0.29) is 22.1 Å². The Hall–Kier alpha value is -3.13. The second-order valence-corrected chi connectivity index (χ2v) is 5.03. The lowest BCUT2D eigenvalue weighted by Crippen LogP contribution is -2.19. The van der Waals surface area contributed by atoms with Crippen LogP contribution in [0.3, 0.4) is 0 Å². The van der Waals surface area contributed by atoms with Crippen molar-refractivity contribution in [2.75, 3.05) is 10.6 Å². The van der Waals surface area contributed by atoms with Gasteiger partial charge in [-0.3, -0.25) is 14.9 Å². The Labute approximate surface area is 141 Å². The summed E-state index contributed by atoms with van der Waals surface area (Å²) in [6.45, 7) is 1.26. The van der Waals surface area contributed by atoms with E-state index in [0.29, 0.717) is 5.69 Å². The predicted molar refractivity (Wildman–Crippen MR) is 88.5 cm³/mol. The highest BCUT2D eigenvalue weighted by Gasteiger charge is 2.12. The van der Waals surface area contributed by atoms with Crippen molar-refractivity contribution in [2.24, 2.45) is 0 Å². The molecule has 2 aromatic rings. The van der Waals surface area contributed by atoms with Gasteiger partial charge in [-0.1, -0.05) is 17.7 Å². The first-order valence-electron chi connectivity index (χ1n) is 6.65. The summed E-state index contributed by atoms with van der Waals surface area (Å²) in [6, 6.07) is 9.23. The number of halogens is 1. The number of anilines is 2. The molecule has 0 aliphatic rings. The Kier molecular flexibility index (Phi) is 5.33. The molecule has 2 amide bonds. The van der Waals surface area contributed by atoms with Gasteiger partial charge in [-0.05, 0) is 18.2 Å². The molecule has 2 aromatic carbocycles. The molecular weight excluding hydrogens is 338 g/mol. The van der Waals surface area contributed by atoms with E-state index in [4.69, 9.17) is 16.3 Å². The van der Waals surface area contributed by atoms with Crippen molar-refractivity contribution in [3.63, 3.8) is 0 Å². The van der Waals surface area contributed by atoms with Crippen molar-refractivity contribution in [1.29, 1.82) is 0 Å².